The van der Waals surface area contributed by atoms with Crippen LogP contribution in [0.4, 0.5) is 5.69 Å². The van der Waals surface area contributed by atoms with Crippen LogP contribution >= 0.6 is 12.2 Å². The number of nitrogens with zero attached hydrogens (tertiary/aromatic N) is 1. The number of benzene rings is 2. The van der Waals surface area contributed by atoms with Gasteiger partial charge in [0, 0.05) is 5.56 Å². The summed E-state index contributed by atoms with van der Waals surface area (Å²) in [6.07, 6.45) is 1.51. The second-order valence-electron chi connectivity index (χ2n) is 4.81. The van der Waals surface area contributed by atoms with Gasteiger partial charge in [-0.2, -0.15) is 5.10 Å². The Morgan fingerprint density at radius 1 is 1.20 bits per heavy atom. The van der Waals surface area contributed by atoms with Gasteiger partial charge in [0.15, 0.2) is 11.7 Å². The number of hydrogen-bond acceptors (Lipinski definition) is 5. The molecule has 4 N–H and O–H groups in total. The van der Waals surface area contributed by atoms with Crippen molar-refractivity contribution in [3.05, 3.63) is 54.1 Å². The third-order valence-electron chi connectivity index (χ3n) is 3.04. The van der Waals surface area contributed by atoms with E-state index in [9.17, 15) is 4.79 Å². The van der Waals surface area contributed by atoms with Crippen molar-refractivity contribution in [1.82, 2.24) is 5.43 Å². The van der Waals surface area contributed by atoms with E-state index in [0.717, 1.165) is 0 Å². The largest absolute Gasteiger partial charge is 0.495 e. The quantitative estimate of drug-likeness (QED) is 0.397. The molecule has 0 spiro atoms. The normalized spacial score (nSPS) is 10.3. The Balaban J connectivity index is 1.98. The number of para-hydroxylation sites is 3. The van der Waals surface area contributed by atoms with Crippen molar-refractivity contribution in [2.45, 2.75) is 0 Å². The zero-order chi connectivity index (χ0) is 18.1. The van der Waals surface area contributed by atoms with Gasteiger partial charge in [0.1, 0.15) is 11.5 Å². The molecule has 0 bridgehead atoms. The van der Waals surface area contributed by atoms with E-state index in [1.807, 2.05) is 12.1 Å². The number of amides is 1. The molecule has 1 amide bonds. The molecular formula is C17H18N4O3S. The highest BCUT2D eigenvalue weighted by molar-refractivity contribution is 7.80. The Morgan fingerprint density at radius 2 is 1.88 bits per heavy atom. The van der Waals surface area contributed by atoms with Crippen molar-refractivity contribution in [1.29, 1.82) is 0 Å². The third kappa shape index (κ3) is 5.78. The van der Waals surface area contributed by atoms with Crippen LogP contribution in [0.1, 0.15) is 5.56 Å². The standard InChI is InChI=1S/C17H18N4O3S/c1-23-15-9-5-3-7-13(15)20-16(22)11-24-14-8-4-2-6-12(14)10-19-21-17(18)25/h2-10H,11H2,1H3,(H,20,22)(H3,18,21,25). The van der Waals surface area contributed by atoms with Gasteiger partial charge in [0.2, 0.25) is 0 Å². The van der Waals surface area contributed by atoms with E-state index in [2.05, 4.69) is 28.1 Å². The molecule has 0 saturated carbocycles. The molecule has 0 atom stereocenters. The molecular weight excluding hydrogens is 340 g/mol. The van der Waals surface area contributed by atoms with Crippen LogP contribution in [0.3, 0.4) is 0 Å². The highest BCUT2D eigenvalue weighted by atomic mass is 32.1. The Morgan fingerprint density at radius 3 is 2.60 bits per heavy atom. The van der Waals surface area contributed by atoms with E-state index in [1.165, 1.54) is 13.3 Å². The number of hydrogen-bond donors (Lipinski definition) is 3. The van der Waals surface area contributed by atoms with Crippen LogP contribution in [0.5, 0.6) is 11.5 Å². The first-order valence-electron chi connectivity index (χ1n) is 7.33. The van der Waals surface area contributed by atoms with Gasteiger partial charge < -0.3 is 20.5 Å². The molecule has 0 heterocycles. The topological polar surface area (TPSA) is 98.0 Å². The van der Waals surface area contributed by atoms with E-state index in [4.69, 9.17) is 15.2 Å². The molecule has 7 nitrogen and oxygen atoms in total. The molecule has 2 aromatic rings. The van der Waals surface area contributed by atoms with Crippen molar-refractivity contribution >= 4 is 35.1 Å². The minimum atomic E-state index is -0.308. The molecule has 130 valence electrons. The Kier molecular flexibility index (Phi) is 6.73. The fourth-order valence-corrected chi connectivity index (χ4v) is 2.01. The van der Waals surface area contributed by atoms with Crippen molar-refractivity contribution < 1.29 is 14.3 Å². The molecule has 0 aliphatic heterocycles. The number of methoxy groups -OCH3 is 1. The molecule has 2 aromatic carbocycles. The summed E-state index contributed by atoms with van der Waals surface area (Å²) in [5.74, 6) is 0.774. The summed E-state index contributed by atoms with van der Waals surface area (Å²) < 4.78 is 10.8. The lowest BCUT2D eigenvalue weighted by molar-refractivity contribution is -0.118. The number of rotatable bonds is 7. The Hall–Kier alpha value is -3.13. The smallest absolute Gasteiger partial charge is 0.262 e. The highest BCUT2D eigenvalue weighted by Crippen LogP contribution is 2.23. The molecule has 0 unspecified atom stereocenters. The first-order chi connectivity index (χ1) is 12.1. The zero-order valence-electron chi connectivity index (χ0n) is 13.6. The average Bonchev–Trinajstić information content (AvgIpc) is 2.61. The monoisotopic (exact) mass is 358 g/mol. The molecule has 0 saturated heterocycles. The fourth-order valence-electron chi connectivity index (χ4n) is 1.96. The lowest BCUT2D eigenvalue weighted by Gasteiger charge is -2.11. The predicted octanol–water partition coefficient (Wildman–Crippen LogP) is 1.88. The van der Waals surface area contributed by atoms with Crippen LogP contribution in [-0.2, 0) is 4.79 Å². The number of anilines is 1. The maximum Gasteiger partial charge on any atom is 0.262 e. The van der Waals surface area contributed by atoms with Crippen LogP contribution in [0, 0.1) is 0 Å². The van der Waals surface area contributed by atoms with Gasteiger partial charge in [-0.1, -0.05) is 24.3 Å². The molecule has 0 aliphatic carbocycles. The number of ether oxygens (including phenoxy) is 2. The minimum Gasteiger partial charge on any atom is -0.495 e. The zero-order valence-corrected chi connectivity index (χ0v) is 14.4. The van der Waals surface area contributed by atoms with Crippen molar-refractivity contribution in [3.8, 4) is 11.5 Å². The Labute approximate surface area is 150 Å². The number of nitrogens with one attached hydrogen (secondary N) is 2. The van der Waals surface area contributed by atoms with Gasteiger partial charge >= 0.3 is 0 Å². The summed E-state index contributed by atoms with van der Waals surface area (Å²) in [4.78, 5) is 12.1. The number of carbonyl (C=O) groups excluding carboxylic acids is 1. The number of hydrazone groups is 1. The highest BCUT2D eigenvalue weighted by Gasteiger charge is 2.09. The van der Waals surface area contributed by atoms with Crippen LogP contribution in [0.15, 0.2) is 53.6 Å². The summed E-state index contributed by atoms with van der Waals surface area (Å²) in [6, 6.07) is 14.3. The average molecular weight is 358 g/mol. The van der Waals surface area contributed by atoms with E-state index in [1.54, 1.807) is 36.4 Å². The maximum atomic E-state index is 12.1. The molecule has 25 heavy (non-hydrogen) atoms. The maximum absolute atomic E-state index is 12.1. The summed E-state index contributed by atoms with van der Waals surface area (Å²) >= 11 is 4.67. The van der Waals surface area contributed by atoms with Crippen molar-refractivity contribution in [2.75, 3.05) is 19.0 Å². The van der Waals surface area contributed by atoms with Crippen LogP contribution in [-0.4, -0.2) is 31.0 Å². The van der Waals surface area contributed by atoms with Gasteiger partial charge in [-0.05, 0) is 36.5 Å². The van der Waals surface area contributed by atoms with Crippen molar-refractivity contribution in [3.63, 3.8) is 0 Å². The van der Waals surface area contributed by atoms with E-state index >= 15 is 0 Å². The van der Waals surface area contributed by atoms with Crippen LogP contribution in [0.25, 0.3) is 0 Å². The van der Waals surface area contributed by atoms with E-state index < -0.39 is 0 Å². The summed E-state index contributed by atoms with van der Waals surface area (Å²) in [6.45, 7) is -0.161. The van der Waals surface area contributed by atoms with Crippen molar-refractivity contribution in [2.24, 2.45) is 10.8 Å². The van der Waals surface area contributed by atoms with E-state index in [0.29, 0.717) is 22.7 Å². The SMILES string of the molecule is COc1ccccc1NC(=O)COc1ccccc1C=NNC(N)=S. The number of thiocarbonyl (C=S) groups is 1. The first-order valence-corrected chi connectivity index (χ1v) is 7.74. The second-order valence-corrected chi connectivity index (χ2v) is 5.25. The molecule has 8 heteroatoms. The Bertz CT molecular complexity index is 780. The number of carbonyl (C=O) groups is 1. The van der Waals surface area contributed by atoms with Gasteiger partial charge in [-0.15, -0.1) is 0 Å². The fraction of sp³-hybridized carbons (Fsp3) is 0.118. The molecule has 0 radical (unpaired) electrons. The summed E-state index contributed by atoms with van der Waals surface area (Å²) in [7, 11) is 1.54. The first kappa shape index (κ1) is 18.2. The van der Waals surface area contributed by atoms with Gasteiger partial charge in [0.25, 0.3) is 5.91 Å². The van der Waals surface area contributed by atoms with Gasteiger partial charge in [-0.3, -0.25) is 10.2 Å². The molecule has 2 rings (SSSR count). The summed E-state index contributed by atoms with van der Waals surface area (Å²) in [5, 5.41) is 6.68. The lowest BCUT2D eigenvalue weighted by Crippen LogP contribution is -2.24. The van der Waals surface area contributed by atoms with Gasteiger partial charge in [-0.25, -0.2) is 0 Å². The second kappa shape index (κ2) is 9.24. The predicted molar refractivity (Wildman–Crippen MR) is 101 cm³/mol. The molecule has 0 fully saturated rings. The minimum absolute atomic E-state index is 0.0610. The molecule has 0 aromatic heterocycles. The lowest BCUT2D eigenvalue weighted by atomic mass is 10.2. The summed E-state index contributed by atoms with van der Waals surface area (Å²) in [5.41, 5.74) is 9.02. The third-order valence-corrected chi connectivity index (χ3v) is 3.13. The van der Waals surface area contributed by atoms with Crippen LogP contribution < -0.4 is 25.9 Å². The molecule has 0 aliphatic rings. The van der Waals surface area contributed by atoms with E-state index in [-0.39, 0.29) is 17.6 Å². The van der Waals surface area contributed by atoms with Crippen LogP contribution in [0.2, 0.25) is 0 Å². The van der Waals surface area contributed by atoms with Gasteiger partial charge in [0.05, 0.1) is 19.0 Å². The number of nitrogens with two attached hydrogens (primary N) is 1.